The van der Waals surface area contributed by atoms with Gasteiger partial charge in [0.2, 0.25) is 0 Å². The van der Waals surface area contributed by atoms with E-state index < -0.39 is 108 Å². The minimum Gasteiger partial charge on any atom is -0.331 e. The standard InChI is InChI=1S/C18H5F33O/c19-3(20,1-2-4(21,22)23)5(24,25)6(26,27)7(28,29)8(30,31)9(32,33)10(34,35)11(36,37)12(38,39)13(40,41)14(42,43)15(44,45)16(46,47)17(48,49)18(50,51)52/h52H,1-2H2. The van der Waals surface area contributed by atoms with Crippen molar-refractivity contribution in [3.8, 4) is 0 Å². The molecule has 0 fully saturated rings. The molecule has 0 spiro atoms. The maximum Gasteiger partial charge on any atom is 0.423 e. The zero-order valence-corrected chi connectivity index (χ0v) is 22.3. The Morgan fingerprint density at radius 3 is 0.519 bits per heavy atom. The van der Waals surface area contributed by atoms with Crippen LogP contribution in [0.3, 0.4) is 0 Å². The molecule has 0 atom stereocenters. The van der Waals surface area contributed by atoms with Gasteiger partial charge in [-0.15, -0.1) is 0 Å². The number of aliphatic hydroxyl groups is 1. The Morgan fingerprint density at radius 1 is 0.212 bits per heavy atom. The molecule has 52 heavy (non-hydrogen) atoms. The van der Waals surface area contributed by atoms with Crippen molar-refractivity contribution in [2.24, 2.45) is 0 Å². The van der Waals surface area contributed by atoms with Gasteiger partial charge in [0.25, 0.3) is 0 Å². The van der Waals surface area contributed by atoms with Gasteiger partial charge in [0, 0.05) is 12.8 Å². The van der Waals surface area contributed by atoms with Gasteiger partial charge in [-0.25, -0.2) is 0 Å². The van der Waals surface area contributed by atoms with Gasteiger partial charge in [-0.3, -0.25) is 0 Å². The molecular formula is C18H5F33O. The van der Waals surface area contributed by atoms with Crippen LogP contribution in [-0.4, -0.2) is 100 Å². The average molecular weight is 864 g/mol. The molecule has 0 heterocycles. The van der Waals surface area contributed by atoms with Crippen LogP contribution in [0.15, 0.2) is 0 Å². The summed E-state index contributed by atoms with van der Waals surface area (Å²) in [7, 11) is 0. The van der Waals surface area contributed by atoms with E-state index in [4.69, 9.17) is 5.11 Å². The number of alkyl halides is 33. The quantitative estimate of drug-likeness (QED) is 0.153. The van der Waals surface area contributed by atoms with Crippen molar-refractivity contribution in [2.75, 3.05) is 0 Å². The lowest BCUT2D eigenvalue weighted by atomic mass is 9.83. The molecule has 0 aliphatic heterocycles. The van der Waals surface area contributed by atoms with Gasteiger partial charge in [-0.2, -0.15) is 145 Å². The lowest BCUT2D eigenvalue weighted by Gasteiger charge is -2.46. The summed E-state index contributed by atoms with van der Waals surface area (Å²) >= 11 is 0. The molecule has 0 bridgehead atoms. The lowest BCUT2D eigenvalue weighted by molar-refractivity contribution is -0.491. The molecule has 0 unspecified atom stereocenters. The fourth-order valence-electron chi connectivity index (χ4n) is 3.04. The van der Waals surface area contributed by atoms with Crippen LogP contribution in [0.4, 0.5) is 145 Å². The van der Waals surface area contributed by atoms with Crippen molar-refractivity contribution < 1.29 is 150 Å². The van der Waals surface area contributed by atoms with Crippen LogP contribution in [0, 0.1) is 0 Å². The largest absolute Gasteiger partial charge is 0.423 e. The minimum atomic E-state index is -10.2. The van der Waals surface area contributed by atoms with E-state index in [0.717, 1.165) is 0 Å². The molecule has 1 N–H and O–H groups in total. The summed E-state index contributed by atoms with van der Waals surface area (Å²) in [5, 5.41) is 7.45. The summed E-state index contributed by atoms with van der Waals surface area (Å²) in [6.45, 7) is 0. The predicted molar refractivity (Wildman–Crippen MR) is 91.7 cm³/mol. The smallest absolute Gasteiger partial charge is 0.331 e. The second-order valence-corrected chi connectivity index (χ2v) is 9.83. The van der Waals surface area contributed by atoms with E-state index in [-0.39, 0.29) is 0 Å². The number of hydrogen-bond donors (Lipinski definition) is 1. The van der Waals surface area contributed by atoms with E-state index in [1.807, 2.05) is 0 Å². The second-order valence-electron chi connectivity index (χ2n) is 9.83. The SMILES string of the molecule is OC(F)(F)C(F)(F)C(F)(F)C(F)(F)C(F)(F)C(F)(F)C(F)(F)C(F)(F)C(F)(F)C(F)(F)C(F)(F)C(F)(F)C(F)(F)C(F)(F)C(F)(F)CCC(F)(F)F. The zero-order chi connectivity index (χ0) is 43.4. The Balaban J connectivity index is 7.58. The van der Waals surface area contributed by atoms with Crippen LogP contribution in [-0.2, 0) is 0 Å². The van der Waals surface area contributed by atoms with Crippen LogP contribution in [0.1, 0.15) is 12.8 Å². The fourth-order valence-corrected chi connectivity index (χ4v) is 3.04. The maximum atomic E-state index is 13.8. The van der Waals surface area contributed by atoms with Gasteiger partial charge in [0.05, 0.1) is 0 Å². The Labute approximate surface area is 259 Å². The predicted octanol–water partition coefficient (Wildman–Crippen LogP) is 10.8. The van der Waals surface area contributed by atoms with Crippen molar-refractivity contribution in [3.63, 3.8) is 0 Å². The summed E-state index contributed by atoms with van der Waals surface area (Å²) in [6, 6.07) is 0. The van der Waals surface area contributed by atoms with Gasteiger partial charge >= 0.3 is 95.2 Å². The molecule has 0 aliphatic carbocycles. The third kappa shape index (κ3) is 6.08. The topological polar surface area (TPSA) is 20.2 Å². The first-order chi connectivity index (χ1) is 21.7. The molecule has 0 saturated carbocycles. The average Bonchev–Trinajstić information content (AvgIpc) is 2.89. The summed E-state index contributed by atoms with van der Waals surface area (Å²) in [6.07, 6.45) is -21.6. The zero-order valence-electron chi connectivity index (χ0n) is 22.3. The highest BCUT2D eigenvalue weighted by molar-refractivity contribution is 5.21. The van der Waals surface area contributed by atoms with Crippen molar-refractivity contribution >= 4 is 0 Å². The van der Waals surface area contributed by atoms with E-state index in [9.17, 15) is 145 Å². The molecule has 0 rings (SSSR count). The van der Waals surface area contributed by atoms with E-state index in [1.54, 1.807) is 0 Å². The maximum absolute atomic E-state index is 13.8. The van der Waals surface area contributed by atoms with Crippen LogP contribution in [0.25, 0.3) is 0 Å². The van der Waals surface area contributed by atoms with Gasteiger partial charge in [-0.1, -0.05) is 0 Å². The van der Waals surface area contributed by atoms with Crippen LogP contribution in [0.5, 0.6) is 0 Å². The molecule has 0 aromatic rings. The summed E-state index contributed by atoms with van der Waals surface area (Å²) in [5.41, 5.74) is 0. The van der Waals surface area contributed by atoms with Crippen LogP contribution >= 0.6 is 0 Å². The lowest BCUT2D eigenvalue weighted by Crippen LogP contribution is -2.79. The van der Waals surface area contributed by atoms with E-state index in [1.165, 1.54) is 0 Å². The Kier molecular flexibility index (Phi) is 11.5. The Hall–Kier alpha value is -2.35. The molecule has 0 saturated heterocycles. The third-order valence-corrected chi connectivity index (χ3v) is 6.29. The molecule has 314 valence electrons. The first-order valence-corrected chi connectivity index (χ1v) is 11.2. The summed E-state index contributed by atoms with van der Waals surface area (Å²) in [5.74, 6) is -133. The molecule has 0 radical (unpaired) electrons. The highest BCUT2D eigenvalue weighted by Gasteiger charge is 3.01. The van der Waals surface area contributed by atoms with E-state index in [0.29, 0.717) is 0 Å². The second kappa shape index (κ2) is 12.1. The van der Waals surface area contributed by atoms with Gasteiger partial charge < -0.3 is 5.11 Å². The fraction of sp³-hybridized carbons (Fsp3) is 1.00. The molecule has 1 nitrogen and oxygen atoms in total. The van der Waals surface area contributed by atoms with Gasteiger partial charge in [0.1, 0.15) is 0 Å². The number of halogens is 33. The van der Waals surface area contributed by atoms with Crippen molar-refractivity contribution in [1.29, 1.82) is 0 Å². The third-order valence-electron chi connectivity index (χ3n) is 6.29. The Morgan fingerprint density at radius 2 is 0.365 bits per heavy atom. The first kappa shape index (κ1) is 49.6. The summed E-state index contributed by atoms with van der Waals surface area (Å²) in [4.78, 5) is 0. The van der Waals surface area contributed by atoms with E-state index in [2.05, 4.69) is 0 Å². The monoisotopic (exact) mass is 864 g/mol. The molecule has 34 heteroatoms. The molecule has 0 aromatic carbocycles. The van der Waals surface area contributed by atoms with Gasteiger partial charge in [0.15, 0.2) is 0 Å². The first-order valence-electron chi connectivity index (χ1n) is 11.2. The number of rotatable bonds is 16. The van der Waals surface area contributed by atoms with Crippen molar-refractivity contribution in [2.45, 2.75) is 108 Å². The molecule has 0 aromatic heterocycles. The van der Waals surface area contributed by atoms with Crippen LogP contribution in [0.2, 0.25) is 0 Å². The number of hydrogen-bond acceptors (Lipinski definition) is 1. The molecule has 0 aliphatic rings. The van der Waals surface area contributed by atoms with Crippen LogP contribution < -0.4 is 0 Å². The van der Waals surface area contributed by atoms with Crippen molar-refractivity contribution in [3.05, 3.63) is 0 Å². The Bertz CT molecular complexity index is 1280. The highest BCUT2D eigenvalue weighted by Crippen LogP contribution is 2.69. The van der Waals surface area contributed by atoms with E-state index >= 15 is 0 Å². The van der Waals surface area contributed by atoms with Crippen molar-refractivity contribution in [1.82, 2.24) is 0 Å². The van der Waals surface area contributed by atoms with Gasteiger partial charge in [-0.05, 0) is 0 Å². The highest BCUT2D eigenvalue weighted by atomic mass is 19.4. The molecule has 0 amide bonds. The summed E-state index contributed by atoms with van der Waals surface area (Å²) < 4.78 is 440. The normalized spacial score (nSPS) is 17.2. The molecular weight excluding hydrogens is 859 g/mol. The minimum absolute atomic E-state index is 3.52.